The first-order valence-electron chi connectivity index (χ1n) is 19.3. The first-order chi connectivity index (χ1) is 25.0. The molecule has 0 aromatic carbocycles. The fraction of sp³-hybridized carbons (Fsp3) is 0.738. The number of ether oxygens (including phenoxy) is 5. The molecule has 6 rings (SSSR count). The lowest BCUT2D eigenvalue weighted by atomic mass is 9.34. The summed E-state index contributed by atoms with van der Waals surface area (Å²) in [6, 6.07) is 2.15. The number of hydrogen-bond acceptors (Lipinski definition) is 12. The average Bonchev–Trinajstić information content (AvgIpc) is 3.05. The van der Waals surface area contributed by atoms with E-state index in [-0.39, 0.29) is 35.1 Å². The van der Waals surface area contributed by atoms with E-state index in [1.807, 2.05) is 19.9 Å². The van der Waals surface area contributed by atoms with Gasteiger partial charge in [-0.15, -0.1) is 0 Å². The number of ketones is 2. The molecule has 54 heavy (non-hydrogen) atoms. The number of Topliss-reactive ketones (excluding diaryl/α,β-unsaturated/α-hetero) is 1. The first kappa shape index (κ1) is 39.8. The number of carbonyl (C=O) groups excluding carboxylic acids is 6. The second-order valence-corrected chi connectivity index (χ2v) is 18.8. The minimum atomic E-state index is -1.48. The SMILES string of the molecule is CC(=O)O[C@@H]1[C@@H](OC(C)=O)[C@H](OC(=O)[C@]23CCC(C)(C)CC2C2C(=O)C=C4C5(C)C=C(C#N)C(=O)C(C)(C)[C@@H]5CC[C@@]4(C)[C@]2(C)CC3)OC[C@@H]1OC(C)=O. The summed E-state index contributed by atoms with van der Waals surface area (Å²) in [5.74, 6) is -3.94. The van der Waals surface area contributed by atoms with Gasteiger partial charge in [0.2, 0.25) is 12.4 Å². The number of nitrogens with zero attached hydrogens (tertiary/aromatic N) is 1. The van der Waals surface area contributed by atoms with E-state index in [1.54, 1.807) is 6.08 Å². The molecule has 5 aliphatic carbocycles. The van der Waals surface area contributed by atoms with Gasteiger partial charge in [-0.1, -0.05) is 60.1 Å². The third-order valence-electron chi connectivity index (χ3n) is 14.8. The van der Waals surface area contributed by atoms with Crippen molar-refractivity contribution < 1.29 is 52.5 Å². The molecule has 12 nitrogen and oxygen atoms in total. The van der Waals surface area contributed by atoms with Crippen LogP contribution in [0.3, 0.4) is 0 Å². The van der Waals surface area contributed by atoms with Crippen LogP contribution < -0.4 is 0 Å². The summed E-state index contributed by atoms with van der Waals surface area (Å²) in [7, 11) is 0. The monoisotopic (exact) mass is 749 g/mol. The fourth-order valence-corrected chi connectivity index (χ4v) is 12.0. The second-order valence-electron chi connectivity index (χ2n) is 18.8. The lowest BCUT2D eigenvalue weighted by Gasteiger charge is -2.68. The lowest BCUT2D eigenvalue weighted by Crippen LogP contribution is -2.66. The van der Waals surface area contributed by atoms with E-state index >= 15 is 0 Å². The molecule has 0 aromatic heterocycles. The van der Waals surface area contributed by atoms with Crippen molar-refractivity contribution in [2.45, 2.75) is 139 Å². The molecule has 1 saturated heterocycles. The zero-order valence-electron chi connectivity index (χ0n) is 33.3. The van der Waals surface area contributed by atoms with E-state index in [4.69, 9.17) is 23.7 Å². The Morgan fingerprint density at radius 2 is 1.43 bits per heavy atom. The molecule has 0 N–H and O–H groups in total. The van der Waals surface area contributed by atoms with E-state index in [0.29, 0.717) is 32.1 Å². The van der Waals surface area contributed by atoms with Crippen LogP contribution in [0.25, 0.3) is 0 Å². The molecule has 0 bridgehead atoms. The quantitative estimate of drug-likeness (QED) is 0.241. The molecular formula is C42H55NO11. The van der Waals surface area contributed by atoms with Crippen molar-refractivity contribution in [3.05, 3.63) is 23.3 Å². The summed E-state index contributed by atoms with van der Waals surface area (Å²) < 4.78 is 28.5. The largest absolute Gasteiger partial charge is 0.456 e. The summed E-state index contributed by atoms with van der Waals surface area (Å²) >= 11 is 0. The van der Waals surface area contributed by atoms with E-state index < -0.39 is 87.4 Å². The molecule has 3 unspecified atom stereocenters. The summed E-state index contributed by atoms with van der Waals surface area (Å²) in [6.45, 7) is 17.9. The Bertz CT molecular complexity index is 1780. The van der Waals surface area contributed by atoms with Crippen LogP contribution in [0.2, 0.25) is 0 Å². The number of carbonyl (C=O) groups is 6. The van der Waals surface area contributed by atoms with Crippen LogP contribution in [0.15, 0.2) is 23.3 Å². The van der Waals surface area contributed by atoms with E-state index in [1.165, 1.54) is 13.8 Å². The molecule has 6 aliphatic rings. The molecule has 4 fully saturated rings. The maximum Gasteiger partial charge on any atom is 0.314 e. The topological polar surface area (TPSA) is 172 Å². The van der Waals surface area contributed by atoms with Gasteiger partial charge in [-0.25, -0.2) is 0 Å². The summed E-state index contributed by atoms with van der Waals surface area (Å²) in [6.07, 6.45) is 2.54. The van der Waals surface area contributed by atoms with Gasteiger partial charge in [0.15, 0.2) is 23.8 Å². The number of nitriles is 1. The van der Waals surface area contributed by atoms with E-state index in [2.05, 4.69) is 40.7 Å². The predicted octanol–water partition coefficient (Wildman–Crippen LogP) is 5.90. The molecule has 1 aliphatic heterocycles. The molecule has 11 atom stereocenters. The molecule has 0 aromatic rings. The van der Waals surface area contributed by atoms with Crippen LogP contribution in [0, 0.1) is 61.6 Å². The Morgan fingerprint density at radius 3 is 2.04 bits per heavy atom. The molecular weight excluding hydrogens is 694 g/mol. The van der Waals surface area contributed by atoms with Gasteiger partial charge in [-0.3, -0.25) is 28.8 Å². The predicted molar refractivity (Wildman–Crippen MR) is 191 cm³/mol. The van der Waals surface area contributed by atoms with Crippen LogP contribution in [-0.4, -0.2) is 66.7 Å². The average molecular weight is 750 g/mol. The lowest BCUT2D eigenvalue weighted by molar-refractivity contribution is -0.281. The van der Waals surface area contributed by atoms with Gasteiger partial charge in [0, 0.05) is 37.5 Å². The van der Waals surface area contributed by atoms with Gasteiger partial charge in [-0.2, -0.15) is 5.26 Å². The Kier molecular flexibility index (Phi) is 9.69. The molecule has 1 heterocycles. The number of hydrogen-bond donors (Lipinski definition) is 0. The Labute approximate surface area is 317 Å². The van der Waals surface area contributed by atoms with Crippen LogP contribution >= 0.6 is 0 Å². The smallest absolute Gasteiger partial charge is 0.314 e. The fourth-order valence-electron chi connectivity index (χ4n) is 12.0. The zero-order valence-corrected chi connectivity index (χ0v) is 33.3. The first-order valence-corrected chi connectivity index (χ1v) is 19.3. The van der Waals surface area contributed by atoms with Gasteiger partial charge in [0.1, 0.15) is 6.07 Å². The van der Waals surface area contributed by atoms with E-state index in [9.17, 15) is 34.0 Å². The Morgan fingerprint density at radius 1 is 0.815 bits per heavy atom. The number of esters is 4. The summed E-state index contributed by atoms with van der Waals surface area (Å²) in [5, 5.41) is 10.0. The van der Waals surface area contributed by atoms with Crippen LogP contribution in [0.1, 0.15) is 114 Å². The Hall–Kier alpha value is -3.85. The molecule has 12 heteroatoms. The van der Waals surface area contributed by atoms with Crippen molar-refractivity contribution in [1.29, 1.82) is 5.26 Å². The van der Waals surface area contributed by atoms with E-state index in [0.717, 1.165) is 25.3 Å². The highest BCUT2D eigenvalue weighted by Crippen LogP contribution is 2.74. The minimum Gasteiger partial charge on any atom is -0.456 e. The normalized spacial score (nSPS) is 41.8. The van der Waals surface area contributed by atoms with Gasteiger partial charge >= 0.3 is 23.9 Å². The summed E-state index contributed by atoms with van der Waals surface area (Å²) in [4.78, 5) is 79.7. The zero-order chi connectivity index (χ0) is 40.0. The van der Waals surface area contributed by atoms with Gasteiger partial charge < -0.3 is 23.7 Å². The van der Waals surface area contributed by atoms with Crippen LogP contribution in [-0.2, 0) is 52.5 Å². The van der Waals surface area contributed by atoms with Crippen molar-refractivity contribution in [3.63, 3.8) is 0 Å². The Balaban J connectivity index is 1.40. The number of fused-ring (bicyclic) bond motifs is 7. The molecule has 0 radical (unpaired) electrons. The van der Waals surface area contributed by atoms with Crippen molar-refractivity contribution in [2.75, 3.05) is 6.61 Å². The highest BCUT2D eigenvalue weighted by Gasteiger charge is 2.71. The molecule has 294 valence electrons. The van der Waals surface area contributed by atoms with Gasteiger partial charge in [0.05, 0.1) is 17.6 Å². The molecule has 0 amide bonds. The van der Waals surface area contributed by atoms with Crippen molar-refractivity contribution >= 4 is 35.4 Å². The number of allylic oxidation sites excluding steroid dienone is 4. The van der Waals surface area contributed by atoms with Gasteiger partial charge in [0.25, 0.3) is 0 Å². The molecule has 0 spiro atoms. The standard InChI is InChI=1S/C42H55NO11/c1-22(44)51-28-21-50-35(33(53-24(3)46)32(28)52-23(2)45)54-36(49)42-15-13-37(4,5)19-26(42)31-27(47)17-30-39(8)18-25(20-43)34(48)38(6,7)29(39)11-12-40(30,9)41(31,10)14-16-42/h17-18,26,28-29,31-33,35H,11-16,19,21H2,1-10H3/t26?,28-,29-,31?,32-,33+,35-,39?,40+,41+,42-/m0/s1. The van der Waals surface area contributed by atoms with Crippen molar-refractivity contribution in [3.8, 4) is 6.07 Å². The van der Waals surface area contributed by atoms with Crippen LogP contribution in [0.5, 0.6) is 0 Å². The maximum atomic E-state index is 14.9. The summed E-state index contributed by atoms with van der Waals surface area (Å²) in [5.41, 5.74) is -2.66. The van der Waals surface area contributed by atoms with Gasteiger partial charge in [-0.05, 0) is 79.1 Å². The molecule has 3 saturated carbocycles. The highest BCUT2D eigenvalue weighted by molar-refractivity contribution is 6.04. The number of rotatable bonds is 5. The maximum absolute atomic E-state index is 14.9. The van der Waals surface area contributed by atoms with Crippen LogP contribution in [0.4, 0.5) is 0 Å². The van der Waals surface area contributed by atoms with Crippen molar-refractivity contribution in [2.24, 2.45) is 50.2 Å². The highest BCUT2D eigenvalue weighted by atomic mass is 16.7. The van der Waals surface area contributed by atoms with Crippen molar-refractivity contribution in [1.82, 2.24) is 0 Å². The third kappa shape index (κ3) is 5.95. The third-order valence-corrected chi connectivity index (χ3v) is 14.8. The minimum absolute atomic E-state index is 0.0566. The second kappa shape index (κ2) is 13.1.